The van der Waals surface area contributed by atoms with Crippen molar-refractivity contribution in [2.45, 2.75) is 32.4 Å². The van der Waals surface area contributed by atoms with Gasteiger partial charge in [0, 0.05) is 11.8 Å². The zero-order valence-corrected chi connectivity index (χ0v) is 17.2. The lowest BCUT2D eigenvalue weighted by Gasteiger charge is -2.15. The average Bonchev–Trinajstić information content (AvgIpc) is 3.22. The molecule has 1 N–H and O–H groups in total. The van der Waals surface area contributed by atoms with E-state index in [1.807, 2.05) is 0 Å². The van der Waals surface area contributed by atoms with Gasteiger partial charge in [-0.15, -0.1) is 0 Å². The molecule has 2 aromatic heterocycles. The first-order chi connectivity index (χ1) is 14.6. The molecule has 2 heterocycles. The van der Waals surface area contributed by atoms with Crippen LogP contribution in [0.4, 0.5) is 27.8 Å². The summed E-state index contributed by atoms with van der Waals surface area (Å²) >= 11 is 11.6. The van der Waals surface area contributed by atoms with Crippen molar-refractivity contribution in [2.75, 3.05) is 5.32 Å². The van der Waals surface area contributed by atoms with Crippen LogP contribution in [-0.4, -0.2) is 25.5 Å². The molecule has 0 aliphatic rings. The molecule has 0 bridgehead atoms. The Morgan fingerprint density at radius 1 is 1.13 bits per heavy atom. The number of hydrogen-bond donors (Lipinski definition) is 1. The molecular formula is C18H14Cl2F5N5O. The van der Waals surface area contributed by atoms with Gasteiger partial charge in [-0.25, -0.2) is 26.6 Å². The van der Waals surface area contributed by atoms with Crippen LogP contribution in [0.5, 0.6) is 0 Å². The lowest BCUT2D eigenvalue weighted by atomic mass is 10.2. The van der Waals surface area contributed by atoms with Gasteiger partial charge in [0.2, 0.25) is 5.91 Å². The van der Waals surface area contributed by atoms with Crippen molar-refractivity contribution in [1.82, 2.24) is 19.6 Å². The van der Waals surface area contributed by atoms with Gasteiger partial charge in [0.15, 0.2) is 5.82 Å². The molecule has 1 unspecified atom stereocenters. The highest BCUT2D eigenvalue weighted by molar-refractivity contribution is 6.33. The zero-order chi connectivity index (χ0) is 22.9. The van der Waals surface area contributed by atoms with Gasteiger partial charge in [-0.05, 0) is 13.0 Å². The number of aromatic nitrogens is 4. The summed E-state index contributed by atoms with van der Waals surface area (Å²) in [5.41, 5.74) is -1.74. The van der Waals surface area contributed by atoms with Gasteiger partial charge in [-0.1, -0.05) is 41.4 Å². The molecule has 0 saturated carbocycles. The molecule has 6 nitrogen and oxygen atoms in total. The highest BCUT2D eigenvalue weighted by atomic mass is 35.5. The number of nitrogens with zero attached hydrogens (tertiary/aromatic N) is 4. The van der Waals surface area contributed by atoms with Crippen molar-refractivity contribution in [3.8, 4) is 0 Å². The lowest BCUT2D eigenvalue weighted by Crippen LogP contribution is -2.26. The maximum absolute atomic E-state index is 13.8. The second-order valence-electron chi connectivity index (χ2n) is 6.41. The average molecular weight is 482 g/mol. The highest BCUT2D eigenvalue weighted by Gasteiger charge is 2.32. The number of carbonyl (C=O) groups is 1. The third-order valence-corrected chi connectivity index (χ3v) is 4.98. The van der Waals surface area contributed by atoms with Gasteiger partial charge in [0.1, 0.15) is 28.3 Å². The monoisotopic (exact) mass is 481 g/mol. The smallest absolute Gasteiger partial charge is 0.283 e. The van der Waals surface area contributed by atoms with Crippen molar-refractivity contribution in [2.24, 2.45) is 0 Å². The fraction of sp³-hybridized carbons (Fsp3) is 0.278. The largest absolute Gasteiger partial charge is 0.306 e. The molecular weight excluding hydrogens is 468 g/mol. The molecule has 166 valence electrons. The van der Waals surface area contributed by atoms with E-state index < -0.39 is 47.0 Å². The van der Waals surface area contributed by atoms with Crippen LogP contribution in [0, 0.1) is 5.82 Å². The number of hydrogen-bond acceptors (Lipinski definition) is 3. The van der Waals surface area contributed by atoms with E-state index in [1.165, 1.54) is 29.9 Å². The van der Waals surface area contributed by atoms with Gasteiger partial charge in [-0.3, -0.25) is 9.48 Å². The summed E-state index contributed by atoms with van der Waals surface area (Å²) in [5, 5.41) is 8.83. The van der Waals surface area contributed by atoms with Gasteiger partial charge >= 0.3 is 0 Å². The maximum atomic E-state index is 13.8. The van der Waals surface area contributed by atoms with Crippen LogP contribution in [0.2, 0.25) is 10.0 Å². The fourth-order valence-electron chi connectivity index (χ4n) is 2.77. The molecule has 0 aliphatic heterocycles. The molecule has 0 fully saturated rings. The Morgan fingerprint density at radius 2 is 1.81 bits per heavy atom. The van der Waals surface area contributed by atoms with Gasteiger partial charge in [0.05, 0.1) is 11.6 Å². The van der Waals surface area contributed by atoms with E-state index in [9.17, 15) is 26.7 Å². The Bertz CT molecular complexity index is 1100. The van der Waals surface area contributed by atoms with E-state index in [4.69, 9.17) is 23.2 Å². The molecule has 1 amide bonds. The molecule has 1 atom stereocenters. The summed E-state index contributed by atoms with van der Waals surface area (Å²) in [6.45, 7) is 1.18. The minimum absolute atomic E-state index is 0.00209. The Kier molecular flexibility index (Phi) is 6.85. The quantitative estimate of drug-likeness (QED) is 0.443. The Balaban J connectivity index is 1.82. The molecule has 0 saturated heterocycles. The first-order valence-corrected chi connectivity index (χ1v) is 9.47. The van der Waals surface area contributed by atoms with Crippen LogP contribution in [0.3, 0.4) is 0 Å². The van der Waals surface area contributed by atoms with E-state index in [2.05, 4.69) is 15.5 Å². The molecule has 0 aliphatic carbocycles. The first-order valence-electron chi connectivity index (χ1n) is 8.71. The Hall–Kier alpha value is -2.66. The van der Waals surface area contributed by atoms with E-state index in [1.54, 1.807) is 12.1 Å². The molecule has 3 aromatic rings. The summed E-state index contributed by atoms with van der Waals surface area (Å²) in [5.74, 6) is -1.49. The summed E-state index contributed by atoms with van der Waals surface area (Å²) in [7, 11) is 0. The third kappa shape index (κ3) is 4.82. The molecule has 3 rings (SSSR count). The van der Waals surface area contributed by atoms with E-state index in [-0.39, 0.29) is 17.4 Å². The number of halogens is 7. The number of carbonyl (C=O) groups excluding carboxylic acids is 1. The summed E-state index contributed by atoms with van der Waals surface area (Å²) < 4.78 is 68.2. The maximum Gasteiger partial charge on any atom is 0.283 e. The van der Waals surface area contributed by atoms with E-state index in [0.29, 0.717) is 10.2 Å². The molecule has 31 heavy (non-hydrogen) atoms. The van der Waals surface area contributed by atoms with Crippen molar-refractivity contribution >= 4 is 34.9 Å². The number of anilines is 1. The predicted molar refractivity (Wildman–Crippen MR) is 103 cm³/mol. The van der Waals surface area contributed by atoms with Crippen LogP contribution >= 0.6 is 23.2 Å². The van der Waals surface area contributed by atoms with Crippen LogP contribution in [0.1, 0.15) is 42.8 Å². The minimum Gasteiger partial charge on any atom is -0.306 e. The SMILES string of the molecule is CC(C(=O)Nc1nn(Cc2ccccc2F)cc1Cl)n1nc(C(F)F)c(Cl)c1C(F)F. The molecule has 13 heteroatoms. The van der Waals surface area contributed by atoms with Gasteiger partial charge in [0.25, 0.3) is 12.9 Å². The van der Waals surface area contributed by atoms with Crippen molar-refractivity contribution in [3.63, 3.8) is 0 Å². The summed E-state index contributed by atoms with van der Waals surface area (Å²) in [6, 6.07) is 4.53. The first kappa shape index (κ1) is 23.0. The summed E-state index contributed by atoms with van der Waals surface area (Å²) in [6.07, 6.45) is -5.12. The minimum atomic E-state index is -3.24. The van der Waals surface area contributed by atoms with Crippen molar-refractivity contribution in [3.05, 3.63) is 63.3 Å². The van der Waals surface area contributed by atoms with Crippen molar-refractivity contribution < 1.29 is 26.7 Å². The number of rotatable bonds is 7. The molecule has 0 spiro atoms. The fourth-order valence-corrected chi connectivity index (χ4v) is 3.26. The summed E-state index contributed by atoms with van der Waals surface area (Å²) in [4.78, 5) is 12.5. The third-order valence-electron chi connectivity index (χ3n) is 4.32. The van der Waals surface area contributed by atoms with Crippen molar-refractivity contribution in [1.29, 1.82) is 0 Å². The second-order valence-corrected chi connectivity index (χ2v) is 7.20. The Labute approximate surface area is 182 Å². The zero-order valence-electron chi connectivity index (χ0n) is 15.7. The number of benzene rings is 1. The lowest BCUT2D eigenvalue weighted by molar-refractivity contribution is -0.119. The Morgan fingerprint density at radius 3 is 2.42 bits per heavy atom. The second kappa shape index (κ2) is 9.23. The van der Waals surface area contributed by atoms with E-state index in [0.717, 1.165) is 0 Å². The van der Waals surface area contributed by atoms with Gasteiger partial charge < -0.3 is 5.32 Å². The highest BCUT2D eigenvalue weighted by Crippen LogP contribution is 2.36. The normalized spacial score (nSPS) is 12.6. The van der Waals surface area contributed by atoms with Crippen LogP contribution < -0.4 is 5.32 Å². The number of nitrogens with one attached hydrogen (secondary N) is 1. The number of amides is 1. The number of alkyl halides is 4. The van der Waals surface area contributed by atoms with Gasteiger partial charge in [-0.2, -0.15) is 10.2 Å². The molecule has 0 radical (unpaired) electrons. The topological polar surface area (TPSA) is 64.7 Å². The molecule has 1 aromatic carbocycles. The van der Waals surface area contributed by atoms with Crippen LogP contribution in [-0.2, 0) is 11.3 Å². The standard InChI is InChI=1S/C18H14Cl2F5N5O/c1-8(30-14(16(24)25)12(20)13(27-30)15(22)23)18(31)26-17-10(19)7-29(28-17)6-9-4-2-3-5-11(9)21/h2-5,7-8,15-16H,6H2,1H3,(H,26,28,31). The predicted octanol–water partition coefficient (Wildman–Crippen LogP) is 5.65. The van der Waals surface area contributed by atoms with Crippen LogP contribution in [0.25, 0.3) is 0 Å². The van der Waals surface area contributed by atoms with E-state index >= 15 is 0 Å². The van der Waals surface area contributed by atoms with Crippen LogP contribution in [0.15, 0.2) is 30.5 Å².